The van der Waals surface area contributed by atoms with Crippen molar-refractivity contribution in [3.63, 3.8) is 0 Å². The molecule has 1 amide bonds. The van der Waals surface area contributed by atoms with Gasteiger partial charge in [0.1, 0.15) is 24.2 Å². The number of aliphatic hydroxyl groups excluding tert-OH is 2. The minimum Gasteiger partial charge on any atom is -0.490 e. The van der Waals surface area contributed by atoms with Crippen LogP contribution in [0.25, 0.3) is 23.0 Å². The van der Waals surface area contributed by atoms with Crippen molar-refractivity contribution < 1.29 is 24.3 Å². The van der Waals surface area contributed by atoms with E-state index in [1.807, 2.05) is 39.8 Å². The van der Waals surface area contributed by atoms with Crippen molar-refractivity contribution in [3.8, 4) is 28.7 Å². The summed E-state index contributed by atoms with van der Waals surface area (Å²) in [5.41, 5.74) is 8.78. The molecule has 3 rings (SSSR count). The highest BCUT2D eigenvalue weighted by Gasteiger charge is 2.20. The number of aliphatic hydroxyl groups is 2. The number of anilines is 1. The molecular weight excluding hydrogens is 440 g/mol. The summed E-state index contributed by atoms with van der Waals surface area (Å²) in [7, 11) is 0. The van der Waals surface area contributed by atoms with Crippen LogP contribution in [0.3, 0.4) is 0 Å². The molecule has 182 valence electrons. The number of hydrogen-bond acceptors (Lipinski definition) is 10. The molecule has 0 saturated heterocycles. The number of nitrogens with zero attached hydrogens (tertiary/aromatic N) is 4. The van der Waals surface area contributed by atoms with Crippen molar-refractivity contribution in [1.82, 2.24) is 20.1 Å². The van der Waals surface area contributed by atoms with Gasteiger partial charge in [-0.25, -0.2) is 9.97 Å². The molecule has 2 unspecified atom stereocenters. The van der Waals surface area contributed by atoms with Crippen LogP contribution in [0.5, 0.6) is 5.75 Å². The van der Waals surface area contributed by atoms with E-state index < -0.39 is 18.1 Å². The Kier molecular flexibility index (Phi) is 8.13. The Hall–Kier alpha value is -3.57. The zero-order valence-electron chi connectivity index (χ0n) is 19.7. The number of amides is 1. The Labute approximate surface area is 197 Å². The van der Waals surface area contributed by atoms with E-state index in [1.54, 1.807) is 6.07 Å². The number of nitrogens with one attached hydrogen (secondary N) is 1. The second-order valence-corrected chi connectivity index (χ2v) is 7.93. The van der Waals surface area contributed by atoms with Crippen molar-refractivity contribution in [2.24, 2.45) is 5.73 Å². The largest absolute Gasteiger partial charge is 0.490 e. The highest BCUT2D eigenvalue weighted by molar-refractivity contribution is 5.78. The molecule has 0 aliphatic heterocycles. The third-order valence-electron chi connectivity index (χ3n) is 5.07. The molecular formula is C23H30N6O5. The average Bonchev–Trinajstić information content (AvgIpc) is 3.28. The monoisotopic (exact) mass is 470 g/mol. The van der Waals surface area contributed by atoms with Gasteiger partial charge in [0.2, 0.25) is 17.7 Å². The zero-order chi connectivity index (χ0) is 24.8. The number of nitrogens with two attached hydrogens (primary N) is 1. The minimum atomic E-state index is -1.42. The van der Waals surface area contributed by atoms with Gasteiger partial charge in [0, 0.05) is 24.2 Å². The predicted octanol–water partition coefficient (Wildman–Crippen LogP) is 1.78. The standard InChI is InChI=1S/C23H30N6O5/c1-5-14-9-15(7-12(3)19(14)33-11-16(30)10-18(31)20(24)32)21-28-22(34-29-21)17-8-13(4)26-23(27-17)25-6-2/h7-9,16,18,30-31H,5-6,10-11H2,1-4H3,(H2,24,32)(H,25,26,27). The van der Waals surface area contributed by atoms with Crippen LogP contribution < -0.4 is 15.8 Å². The number of carbonyl (C=O) groups excluding carboxylic acids is 1. The first kappa shape index (κ1) is 25.1. The van der Waals surface area contributed by atoms with Crippen molar-refractivity contribution in [2.45, 2.75) is 52.7 Å². The maximum Gasteiger partial charge on any atom is 0.277 e. The fraction of sp³-hybridized carbons (Fsp3) is 0.435. The summed E-state index contributed by atoms with van der Waals surface area (Å²) in [5.74, 6) is 0.915. The summed E-state index contributed by atoms with van der Waals surface area (Å²) in [6, 6.07) is 5.54. The Morgan fingerprint density at radius 3 is 2.62 bits per heavy atom. The summed E-state index contributed by atoms with van der Waals surface area (Å²) in [6.07, 6.45) is -2.01. The second-order valence-electron chi connectivity index (χ2n) is 7.93. The van der Waals surface area contributed by atoms with Crippen LogP contribution in [0.1, 0.15) is 37.1 Å². The summed E-state index contributed by atoms with van der Waals surface area (Å²) < 4.78 is 11.3. The number of aromatic nitrogens is 4. The first-order valence-electron chi connectivity index (χ1n) is 11.1. The predicted molar refractivity (Wildman–Crippen MR) is 125 cm³/mol. The van der Waals surface area contributed by atoms with Crippen molar-refractivity contribution >= 4 is 11.9 Å². The van der Waals surface area contributed by atoms with Crippen LogP contribution in [0.4, 0.5) is 5.95 Å². The minimum absolute atomic E-state index is 0.0922. The van der Waals surface area contributed by atoms with Gasteiger partial charge in [0.15, 0.2) is 0 Å². The summed E-state index contributed by atoms with van der Waals surface area (Å²) >= 11 is 0. The lowest BCUT2D eigenvalue weighted by Gasteiger charge is -2.18. The van der Waals surface area contributed by atoms with Gasteiger partial charge in [0.05, 0.1) is 6.10 Å². The van der Waals surface area contributed by atoms with Gasteiger partial charge in [-0.1, -0.05) is 12.1 Å². The molecule has 0 aliphatic rings. The van der Waals surface area contributed by atoms with Crippen LogP contribution in [0.2, 0.25) is 0 Å². The molecule has 3 aromatic rings. The molecule has 11 heteroatoms. The summed E-state index contributed by atoms with van der Waals surface area (Å²) in [4.78, 5) is 24.3. The van der Waals surface area contributed by atoms with Crippen molar-refractivity contribution in [2.75, 3.05) is 18.5 Å². The molecule has 2 heterocycles. The van der Waals surface area contributed by atoms with Gasteiger partial charge in [-0.3, -0.25) is 4.79 Å². The normalized spacial score (nSPS) is 12.9. The van der Waals surface area contributed by atoms with Gasteiger partial charge >= 0.3 is 0 Å². The van der Waals surface area contributed by atoms with E-state index in [4.69, 9.17) is 15.0 Å². The summed E-state index contributed by atoms with van der Waals surface area (Å²) in [6.45, 7) is 8.28. The molecule has 0 saturated carbocycles. The molecule has 5 N–H and O–H groups in total. The van der Waals surface area contributed by atoms with E-state index in [1.165, 1.54) is 0 Å². The molecule has 0 aliphatic carbocycles. The van der Waals surface area contributed by atoms with Gasteiger partial charge in [0.25, 0.3) is 5.89 Å². The van der Waals surface area contributed by atoms with Gasteiger partial charge in [-0.15, -0.1) is 0 Å². The average molecular weight is 471 g/mol. The lowest BCUT2D eigenvalue weighted by atomic mass is 10.0. The quantitative estimate of drug-likeness (QED) is 0.324. The smallest absolute Gasteiger partial charge is 0.277 e. The molecule has 2 atom stereocenters. The number of primary amides is 1. The maximum atomic E-state index is 11.0. The Morgan fingerprint density at radius 1 is 1.18 bits per heavy atom. The molecule has 0 fully saturated rings. The van der Waals surface area contributed by atoms with Gasteiger partial charge < -0.3 is 30.5 Å². The van der Waals surface area contributed by atoms with Crippen LogP contribution in [-0.4, -0.2) is 61.6 Å². The Bertz CT molecular complexity index is 1150. The van der Waals surface area contributed by atoms with Crippen LogP contribution in [0, 0.1) is 13.8 Å². The molecule has 0 radical (unpaired) electrons. The number of hydrogen-bond donors (Lipinski definition) is 4. The highest BCUT2D eigenvalue weighted by atomic mass is 16.5. The molecule has 0 bridgehead atoms. The number of carbonyl (C=O) groups is 1. The number of aryl methyl sites for hydroxylation is 3. The topological polar surface area (TPSA) is 170 Å². The van der Waals surface area contributed by atoms with Crippen molar-refractivity contribution in [1.29, 1.82) is 0 Å². The molecule has 0 spiro atoms. The fourth-order valence-corrected chi connectivity index (χ4v) is 3.43. The van der Waals surface area contributed by atoms with E-state index in [2.05, 4.69) is 25.4 Å². The van der Waals surface area contributed by atoms with E-state index in [0.29, 0.717) is 36.2 Å². The second kappa shape index (κ2) is 11.0. The van der Waals surface area contributed by atoms with Crippen LogP contribution >= 0.6 is 0 Å². The molecule has 1 aromatic carbocycles. The first-order chi connectivity index (χ1) is 16.2. The van der Waals surface area contributed by atoms with Gasteiger partial charge in [-0.2, -0.15) is 4.98 Å². The van der Waals surface area contributed by atoms with Gasteiger partial charge in [-0.05, 0) is 56.5 Å². The lowest BCUT2D eigenvalue weighted by Crippen LogP contribution is -2.33. The first-order valence-corrected chi connectivity index (χ1v) is 11.1. The van der Waals surface area contributed by atoms with E-state index >= 15 is 0 Å². The molecule has 2 aromatic heterocycles. The number of ether oxygens (including phenoxy) is 1. The van der Waals surface area contributed by atoms with E-state index in [0.717, 1.165) is 22.4 Å². The molecule has 11 nitrogen and oxygen atoms in total. The fourth-order valence-electron chi connectivity index (χ4n) is 3.43. The SMILES string of the molecule is CCNc1nc(C)cc(-c2nc(-c3cc(C)c(OCC(O)CC(O)C(N)=O)c(CC)c3)no2)n1. The molecule has 34 heavy (non-hydrogen) atoms. The number of rotatable bonds is 11. The van der Waals surface area contributed by atoms with E-state index in [-0.39, 0.29) is 18.9 Å². The van der Waals surface area contributed by atoms with E-state index in [9.17, 15) is 15.0 Å². The zero-order valence-corrected chi connectivity index (χ0v) is 19.7. The van der Waals surface area contributed by atoms with Crippen LogP contribution in [0.15, 0.2) is 22.7 Å². The lowest BCUT2D eigenvalue weighted by molar-refractivity contribution is -0.127. The third-order valence-corrected chi connectivity index (χ3v) is 5.07. The Balaban J connectivity index is 1.81. The number of benzene rings is 1. The highest BCUT2D eigenvalue weighted by Crippen LogP contribution is 2.31. The maximum absolute atomic E-state index is 11.0. The third kappa shape index (κ3) is 6.06. The van der Waals surface area contributed by atoms with Crippen LogP contribution in [-0.2, 0) is 11.2 Å². The van der Waals surface area contributed by atoms with Crippen molar-refractivity contribution in [3.05, 3.63) is 35.0 Å². The summed E-state index contributed by atoms with van der Waals surface area (Å²) in [5, 5.41) is 26.8. The Morgan fingerprint density at radius 2 is 1.94 bits per heavy atom.